The van der Waals surface area contributed by atoms with E-state index in [-0.39, 0.29) is 18.4 Å². The van der Waals surface area contributed by atoms with Crippen LogP contribution in [0.15, 0.2) is 30.3 Å². The van der Waals surface area contributed by atoms with Gasteiger partial charge in [0.1, 0.15) is 12.7 Å². The second-order valence-corrected chi connectivity index (χ2v) is 9.90. The van der Waals surface area contributed by atoms with Gasteiger partial charge in [-0.2, -0.15) is 0 Å². The number of nitrogens with one attached hydrogen (secondary N) is 1. The number of amides is 1. The molecule has 13 heteroatoms. The fourth-order valence-electron chi connectivity index (χ4n) is 4.91. The molecular weight excluding hydrogens is 542 g/mol. The molecule has 1 aliphatic carbocycles. The molecule has 0 spiro atoms. The van der Waals surface area contributed by atoms with Crippen LogP contribution in [0.4, 0.5) is 0 Å². The van der Waals surface area contributed by atoms with E-state index < -0.39 is 78.6 Å². The molecule has 1 saturated heterocycles. The zero-order valence-electron chi connectivity index (χ0n) is 23.4. The van der Waals surface area contributed by atoms with E-state index in [2.05, 4.69) is 5.32 Å². The molecule has 3 rings (SSSR count). The molecule has 1 aromatic carbocycles. The standard InChI is InChI=1S/C28H35NO12/c1-16(30)36-15-21-22(37-17(2)31)23(38-18(3)32)24(39-19(4)33)25(40-21)29-27(35)28(13-9-6-10-14-28)41-26(34)20-11-7-5-8-12-20/h5,7-8,11-12,21-25H,6,9-10,13-15H2,1-4H3,(H,29,35)/t21-,22-,23+,24-,25-/m1/s1. The summed E-state index contributed by atoms with van der Waals surface area (Å²) in [6.45, 7) is 4.01. The van der Waals surface area contributed by atoms with Gasteiger partial charge in [0.25, 0.3) is 5.91 Å². The summed E-state index contributed by atoms with van der Waals surface area (Å²) < 4.78 is 33.0. The first-order valence-electron chi connectivity index (χ1n) is 13.3. The van der Waals surface area contributed by atoms with E-state index >= 15 is 0 Å². The Hall–Kier alpha value is -4.00. The molecule has 0 unspecified atom stereocenters. The largest absolute Gasteiger partial charge is 0.463 e. The van der Waals surface area contributed by atoms with E-state index in [0.29, 0.717) is 12.8 Å². The molecule has 0 bridgehead atoms. The number of benzene rings is 1. The number of esters is 5. The molecule has 2 aliphatic rings. The molecule has 2 fully saturated rings. The molecule has 13 nitrogen and oxygen atoms in total. The quantitative estimate of drug-likeness (QED) is 0.334. The van der Waals surface area contributed by atoms with Crippen LogP contribution in [-0.4, -0.2) is 78.6 Å². The summed E-state index contributed by atoms with van der Waals surface area (Å²) in [7, 11) is 0. The lowest BCUT2D eigenvalue weighted by Crippen LogP contribution is -2.68. The molecule has 0 aromatic heterocycles. The Morgan fingerprint density at radius 1 is 0.780 bits per heavy atom. The summed E-state index contributed by atoms with van der Waals surface area (Å²) >= 11 is 0. The second-order valence-electron chi connectivity index (χ2n) is 9.90. The van der Waals surface area contributed by atoms with Crippen LogP contribution in [0.3, 0.4) is 0 Å². The average molecular weight is 578 g/mol. The smallest absolute Gasteiger partial charge is 0.339 e. The van der Waals surface area contributed by atoms with Crippen LogP contribution in [0.2, 0.25) is 0 Å². The molecule has 41 heavy (non-hydrogen) atoms. The molecular formula is C28H35NO12. The van der Waals surface area contributed by atoms with E-state index in [1.807, 2.05) is 0 Å². The Morgan fingerprint density at radius 2 is 1.34 bits per heavy atom. The molecule has 1 heterocycles. The Kier molecular flexibility index (Phi) is 10.8. The van der Waals surface area contributed by atoms with Crippen LogP contribution >= 0.6 is 0 Å². The van der Waals surface area contributed by atoms with Gasteiger partial charge < -0.3 is 33.7 Å². The number of carbonyl (C=O) groups is 6. The van der Waals surface area contributed by atoms with Gasteiger partial charge in [0, 0.05) is 27.7 Å². The first-order valence-corrected chi connectivity index (χ1v) is 13.3. The minimum absolute atomic E-state index is 0.225. The van der Waals surface area contributed by atoms with E-state index in [0.717, 1.165) is 34.1 Å². The topological polar surface area (TPSA) is 170 Å². The zero-order valence-corrected chi connectivity index (χ0v) is 23.4. The van der Waals surface area contributed by atoms with Crippen molar-refractivity contribution in [2.45, 2.75) is 96.0 Å². The highest BCUT2D eigenvalue weighted by molar-refractivity contribution is 5.94. The molecule has 5 atom stereocenters. The predicted molar refractivity (Wildman–Crippen MR) is 138 cm³/mol. The average Bonchev–Trinajstić information content (AvgIpc) is 2.91. The summed E-state index contributed by atoms with van der Waals surface area (Å²) in [4.78, 5) is 74.5. The van der Waals surface area contributed by atoms with E-state index in [1.54, 1.807) is 30.3 Å². The minimum atomic E-state index is -1.57. The van der Waals surface area contributed by atoms with Crippen molar-refractivity contribution in [3.8, 4) is 0 Å². The normalized spacial score (nSPS) is 25.1. The van der Waals surface area contributed by atoms with Crippen LogP contribution in [0.25, 0.3) is 0 Å². The molecule has 1 saturated carbocycles. The summed E-state index contributed by atoms with van der Waals surface area (Å²) in [5.74, 6) is -4.47. The van der Waals surface area contributed by atoms with Gasteiger partial charge in [0.15, 0.2) is 30.1 Å². The number of rotatable bonds is 9. The van der Waals surface area contributed by atoms with Gasteiger partial charge in [-0.05, 0) is 37.8 Å². The highest BCUT2D eigenvalue weighted by atomic mass is 16.7. The maximum Gasteiger partial charge on any atom is 0.339 e. The van der Waals surface area contributed by atoms with Crippen LogP contribution in [0.5, 0.6) is 0 Å². The first kappa shape index (κ1) is 31.5. The van der Waals surface area contributed by atoms with E-state index in [9.17, 15) is 28.8 Å². The highest BCUT2D eigenvalue weighted by Crippen LogP contribution is 2.34. The highest BCUT2D eigenvalue weighted by Gasteiger charge is 2.54. The molecule has 1 amide bonds. The van der Waals surface area contributed by atoms with Crippen LogP contribution < -0.4 is 5.32 Å². The number of ether oxygens (including phenoxy) is 6. The third kappa shape index (κ3) is 8.49. The van der Waals surface area contributed by atoms with Gasteiger partial charge in [0.05, 0.1) is 5.56 Å². The summed E-state index contributed by atoms with van der Waals surface area (Å²) in [6.07, 6.45) is -4.52. The van der Waals surface area contributed by atoms with Crippen molar-refractivity contribution in [2.24, 2.45) is 0 Å². The second kappa shape index (κ2) is 14.1. The molecule has 1 aliphatic heterocycles. The Balaban J connectivity index is 1.96. The van der Waals surface area contributed by atoms with Gasteiger partial charge in [-0.25, -0.2) is 4.79 Å². The van der Waals surface area contributed by atoms with Crippen LogP contribution in [-0.2, 0) is 52.4 Å². The number of hydrogen-bond acceptors (Lipinski definition) is 12. The van der Waals surface area contributed by atoms with Crippen LogP contribution in [0, 0.1) is 0 Å². The lowest BCUT2D eigenvalue weighted by Gasteiger charge is -2.45. The number of carbonyl (C=O) groups excluding carboxylic acids is 6. The third-order valence-corrected chi connectivity index (χ3v) is 6.64. The van der Waals surface area contributed by atoms with Crippen molar-refractivity contribution < 1.29 is 57.2 Å². The van der Waals surface area contributed by atoms with Crippen molar-refractivity contribution in [3.05, 3.63) is 35.9 Å². The summed E-state index contributed by atoms with van der Waals surface area (Å²) in [6, 6.07) is 8.21. The Bertz CT molecular complexity index is 1130. The maximum atomic E-state index is 13.9. The number of hydrogen-bond donors (Lipinski definition) is 1. The van der Waals surface area contributed by atoms with Crippen molar-refractivity contribution in [1.29, 1.82) is 0 Å². The Morgan fingerprint density at radius 3 is 1.90 bits per heavy atom. The summed E-state index contributed by atoms with van der Waals surface area (Å²) in [5.41, 5.74) is -1.30. The lowest BCUT2D eigenvalue weighted by atomic mass is 9.83. The molecule has 224 valence electrons. The lowest BCUT2D eigenvalue weighted by molar-refractivity contribution is -0.257. The summed E-state index contributed by atoms with van der Waals surface area (Å²) in [5, 5.41) is 2.65. The molecule has 0 radical (unpaired) electrons. The van der Waals surface area contributed by atoms with Crippen molar-refractivity contribution >= 4 is 35.8 Å². The fraction of sp³-hybridized carbons (Fsp3) is 0.571. The fourth-order valence-corrected chi connectivity index (χ4v) is 4.91. The first-order chi connectivity index (χ1) is 19.4. The van der Waals surface area contributed by atoms with Crippen molar-refractivity contribution in [2.75, 3.05) is 6.61 Å². The molecule has 1 N–H and O–H groups in total. The molecule has 1 aromatic rings. The van der Waals surface area contributed by atoms with Gasteiger partial charge in [-0.3, -0.25) is 24.0 Å². The zero-order chi connectivity index (χ0) is 30.2. The van der Waals surface area contributed by atoms with Gasteiger partial charge in [-0.15, -0.1) is 0 Å². The van der Waals surface area contributed by atoms with Gasteiger partial charge in [-0.1, -0.05) is 24.6 Å². The minimum Gasteiger partial charge on any atom is -0.463 e. The van der Waals surface area contributed by atoms with Gasteiger partial charge >= 0.3 is 29.8 Å². The van der Waals surface area contributed by atoms with E-state index in [1.165, 1.54) is 0 Å². The van der Waals surface area contributed by atoms with E-state index in [4.69, 9.17) is 28.4 Å². The SMILES string of the molecule is CC(=O)OC[C@H]1O[C@@H](NC(=O)C2(OC(=O)c3ccccc3)CCCCC2)[C@H](OC(C)=O)[C@@H](OC(C)=O)[C@@H]1OC(C)=O. The van der Waals surface area contributed by atoms with Crippen molar-refractivity contribution in [3.63, 3.8) is 0 Å². The third-order valence-electron chi connectivity index (χ3n) is 6.64. The monoisotopic (exact) mass is 577 g/mol. The van der Waals surface area contributed by atoms with Crippen LogP contribution in [0.1, 0.15) is 70.2 Å². The predicted octanol–water partition coefficient (Wildman–Crippen LogP) is 1.75. The maximum absolute atomic E-state index is 13.9. The Labute approximate surface area is 237 Å². The van der Waals surface area contributed by atoms with Gasteiger partial charge in [0.2, 0.25) is 0 Å². The van der Waals surface area contributed by atoms with Crippen molar-refractivity contribution in [1.82, 2.24) is 5.32 Å².